The van der Waals surface area contributed by atoms with Crippen molar-refractivity contribution in [3.05, 3.63) is 95.6 Å². The third-order valence-electron chi connectivity index (χ3n) is 4.62. The summed E-state index contributed by atoms with van der Waals surface area (Å²) in [5, 5.41) is 10.4. The van der Waals surface area contributed by atoms with E-state index in [-0.39, 0.29) is 17.4 Å². The second-order valence-corrected chi connectivity index (χ2v) is 7.88. The van der Waals surface area contributed by atoms with E-state index in [0.29, 0.717) is 27.8 Å². The minimum atomic E-state index is -0.191. The molecule has 6 nitrogen and oxygen atoms in total. The van der Waals surface area contributed by atoms with Crippen LogP contribution in [0.3, 0.4) is 0 Å². The van der Waals surface area contributed by atoms with Gasteiger partial charge in [-0.1, -0.05) is 59.8 Å². The first-order valence-corrected chi connectivity index (χ1v) is 10.7. The number of carbonyl (C=O) groups is 2. The number of carbonyl (C=O) groups excluding carboxylic acids is 2. The van der Waals surface area contributed by atoms with E-state index >= 15 is 0 Å². The molecule has 1 aromatic heterocycles. The predicted molar refractivity (Wildman–Crippen MR) is 122 cm³/mol. The summed E-state index contributed by atoms with van der Waals surface area (Å²) in [7, 11) is 0. The van der Waals surface area contributed by atoms with E-state index in [1.165, 1.54) is 17.3 Å². The normalized spacial score (nSPS) is 10.6. The van der Waals surface area contributed by atoms with Crippen LogP contribution >= 0.6 is 11.8 Å². The van der Waals surface area contributed by atoms with Crippen LogP contribution in [-0.2, 0) is 0 Å². The molecule has 0 aliphatic carbocycles. The van der Waals surface area contributed by atoms with Crippen LogP contribution in [-0.4, -0.2) is 32.6 Å². The molecule has 0 bridgehead atoms. The monoisotopic (exact) mass is 428 g/mol. The highest BCUT2D eigenvalue weighted by atomic mass is 32.2. The van der Waals surface area contributed by atoms with Crippen LogP contribution in [0.2, 0.25) is 0 Å². The maximum atomic E-state index is 12.5. The average Bonchev–Trinajstić information content (AvgIpc) is 3.28. The lowest BCUT2D eigenvalue weighted by Gasteiger charge is -2.06. The lowest BCUT2D eigenvalue weighted by atomic mass is 10.1. The van der Waals surface area contributed by atoms with Crippen LogP contribution in [0.1, 0.15) is 26.3 Å². The Morgan fingerprint density at radius 1 is 0.903 bits per heavy atom. The highest BCUT2D eigenvalue weighted by Gasteiger charge is 2.11. The average molecular weight is 429 g/mol. The molecule has 0 fully saturated rings. The number of anilines is 1. The van der Waals surface area contributed by atoms with Crippen LogP contribution in [0.4, 0.5) is 5.69 Å². The minimum absolute atomic E-state index is 0.0346. The van der Waals surface area contributed by atoms with Gasteiger partial charge in [-0.25, -0.2) is 4.98 Å². The van der Waals surface area contributed by atoms with Crippen LogP contribution in [0, 0.1) is 6.92 Å². The van der Waals surface area contributed by atoms with E-state index in [9.17, 15) is 9.59 Å². The number of nitrogens with one attached hydrogen (secondary N) is 2. The molecular weight excluding hydrogens is 408 g/mol. The molecule has 31 heavy (non-hydrogen) atoms. The summed E-state index contributed by atoms with van der Waals surface area (Å²) >= 11 is 1.28. The largest absolute Gasteiger partial charge is 0.322 e. The number of nitrogens with zero attached hydrogens (tertiary/aromatic N) is 2. The van der Waals surface area contributed by atoms with Crippen molar-refractivity contribution in [3.63, 3.8) is 0 Å². The Balaban J connectivity index is 1.33. The van der Waals surface area contributed by atoms with Gasteiger partial charge in [0.15, 0.2) is 11.6 Å². The SMILES string of the molecule is Cc1ccc(-c2nc(SCC(=O)c3ccc(NC(=O)c4ccccc4)cc3)n[nH]2)cc1. The van der Waals surface area contributed by atoms with Crippen LogP contribution < -0.4 is 5.32 Å². The number of aryl methyl sites for hydroxylation is 1. The van der Waals surface area contributed by atoms with Crippen molar-refractivity contribution in [2.45, 2.75) is 12.1 Å². The Labute approximate surface area is 184 Å². The van der Waals surface area contributed by atoms with Crippen molar-refractivity contribution >= 4 is 29.1 Å². The lowest BCUT2D eigenvalue weighted by Crippen LogP contribution is -2.11. The Bertz CT molecular complexity index is 1190. The molecule has 0 aliphatic heterocycles. The lowest BCUT2D eigenvalue weighted by molar-refractivity contribution is 0.101. The van der Waals surface area contributed by atoms with Gasteiger partial charge in [-0.05, 0) is 43.3 Å². The number of thioether (sulfide) groups is 1. The van der Waals surface area contributed by atoms with E-state index < -0.39 is 0 Å². The van der Waals surface area contributed by atoms with Crippen LogP contribution in [0.15, 0.2) is 84.0 Å². The number of H-pyrrole nitrogens is 1. The molecule has 0 atom stereocenters. The van der Waals surface area contributed by atoms with Crippen molar-refractivity contribution in [1.82, 2.24) is 15.2 Å². The molecule has 0 saturated heterocycles. The summed E-state index contributed by atoms with van der Waals surface area (Å²) < 4.78 is 0. The third-order valence-corrected chi connectivity index (χ3v) is 5.47. The Kier molecular flexibility index (Phi) is 6.24. The maximum Gasteiger partial charge on any atom is 0.255 e. The summed E-state index contributed by atoms with van der Waals surface area (Å²) in [5.41, 5.74) is 3.91. The molecule has 4 aromatic rings. The van der Waals surface area contributed by atoms with Gasteiger partial charge in [0, 0.05) is 22.4 Å². The van der Waals surface area contributed by atoms with Crippen LogP contribution in [0.25, 0.3) is 11.4 Å². The van der Waals surface area contributed by atoms with Gasteiger partial charge >= 0.3 is 0 Å². The number of hydrogen-bond donors (Lipinski definition) is 2. The van der Waals surface area contributed by atoms with Gasteiger partial charge in [-0.2, -0.15) is 0 Å². The number of ketones is 1. The fourth-order valence-electron chi connectivity index (χ4n) is 2.90. The highest BCUT2D eigenvalue weighted by molar-refractivity contribution is 7.99. The van der Waals surface area contributed by atoms with E-state index in [4.69, 9.17) is 0 Å². The summed E-state index contributed by atoms with van der Waals surface area (Å²) in [6, 6.07) is 23.8. The summed E-state index contributed by atoms with van der Waals surface area (Å²) in [6.07, 6.45) is 0. The number of aromatic amines is 1. The summed E-state index contributed by atoms with van der Waals surface area (Å²) in [6.45, 7) is 2.03. The molecule has 7 heteroatoms. The predicted octanol–water partition coefficient (Wildman–Crippen LogP) is 5.01. The fraction of sp³-hybridized carbons (Fsp3) is 0.0833. The summed E-state index contributed by atoms with van der Waals surface area (Å²) in [4.78, 5) is 29.2. The number of Topliss-reactive ketones (excluding diaryl/α,β-unsaturated/α-hetero) is 1. The number of rotatable bonds is 7. The van der Waals surface area contributed by atoms with Crippen molar-refractivity contribution in [2.24, 2.45) is 0 Å². The van der Waals surface area contributed by atoms with Crippen LogP contribution in [0.5, 0.6) is 0 Å². The molecule has 0 saturated carbocycles. The maximum absolute atomic E-state index is 12.5. The first-order chi connectivity index (χ1) is 15.1. The third kappa shape index (κ3) is 5.26. The molecule has 0 unspecified atom stereocenters. The Hall–Kier alpha value is -3.71. The molecular formula is C24H20N4O2S. The zero-order valence-corrected chi connectivity index (χ0v) is 17.6. The Morgan fingerprint density at radius 2 is 1.61 bits per heavy atom. The van der Waals surface area contributed by atoms with Crippen molar-refractivity contribution in [2.75, 3.05) is 11.1 Å². The van der Waals surface area contributed by atoms with Gasteiger partial charge < -0.3 is 5.32 Å². The number of aromatic nitrogens is 3. The fourth-order valence-corrected chi connectivity index (χ4v) is 3.59. The van der Waals surface area contributed by atoms with E-state index in [1.54, 1.807) is 36.4 Å². The van der Waals surface area contributed by atoms with Crippen molar-refractivity contribution in [1.29, 1.82) is 0 Å². The molecule has 1 amide bonds. The van der Waals surface area contributed by atoms with Gasteiger partial charge in [0.2, 0.25) is 5.16 Å². The smallest absolute Gasteiger partial charge is 0.255 e. The van der Waals surface area contributed by atoms with E-state index in [0.717, 1.165) is 5.56 Å². The summed E-state index contributed by atoms with van der Waals surface area (Å²) in [5.74, 6) is 0.672. The van der Waals surface area contributed by atoms with Gasteiger partial charge in [-0.3, -0.25) is 14.7 Å². The second kappa shape index (κ2) is 9.40. The number of benzene rings is 3. The number of amides is 1. The zero-order valence-electron chi connectivity index (χ0n) is 16.8. The molecule has 0 radical (unpaired) electrons. The minimum Gasteiger partial charge on any atom is -0.322 e. The zero-order chi connectivity index (χ0) is 21.6. The standard InChI is InChI=1S/C24H20N4O2S/c1-16-7-9-18(10-8-16)22-26-24(28-27-22)31-15-21(29)17-11-13-20(14-12-17)25-23(30)19-5-3-2-4-6-19/h2-14H,15H2,1H3,(H,25,30)(H,26,27,28). The van der Waals surface area contributed by atoms with Crippen molar-refractivity contribution < 1.29 is 9.59 Å². The molecule has 2 N–H and O–H groups in total. The first kappa shape index (κ1) is 20.6. The van der Waals surface area contributed by atoms with E-state index in [1.807, 2.05) is 49.4 Å². The Morgan fingerprint density at radius 3 is 2.32 bits per heavy atom. The number of hydrogen-bond acceptors (Lipinski definition) is 5. The molecule has 0 spiro atoms. The van der Waals surface area contributed by atoms with Crippen molar-refractivity contribution in [3.8, 4) is 11.4 Å². The van der Waals surface area contributed by atoms with Gasteiger partial charge in [0.25, 0.3) is 5.91 Å². The molecule has 1 heterocycles. The molecule has 4 rings (SSSR count). The quantitative estimate of drug-likeness (QED) is 0.319. The van der Waals surface area contributed by atoms with Gasteiger partial charge in [0.1, 0.15) is 0 Å². The topological polar surface area (TPSA) is 87.7 Å². The van der Waals surface area contributed by atoms with Gasteiger partial charge in [0.05, 0.1) is 5.75 Å². The molecule has 3 aromatic carbocycles. The second-order valence-electron chi connectivity index (χ2n) is 6.94. The molecule has 154 valence electrons. The molecule has 0 aliphatic rings. The van der Waals surface area contributed by atoms with Gasteiger partial charge in [-0.15, -0.1) is 5.10 Å². The highest BCUT2D eigenvalue weighted by Crippen LogP contribution is 2.21. The van der Waals surface area contributed by atoms with E-state index in [2.05, 4.69) is 20.5 Å². The first-order valence-electron chi connectivity index (χ1n) is 9.70.